The Morgan fingerprint density at radius 2 is 1.72 bits per heavy atom. The van der Waals surface area contributed by atoms with Crippen LogP contribution in [0.4, 0.5) is 11.4 Å². The summed E-state index contributed by atoms with van der Waals surface area (Å²) in [6.07, 6.45) is 3.70. The third-order valence-corrected chi connectivity index (χ3v) is 2.30. The van der Waals surface area contributed by atoms with Gasteiger partial charge in [0.05, 0.1) is 0 Å². The molecule has 5 heteroatoms. The van der Waals surface area contributed by atoms with Crippen molar-refractivity contribution in [1.29, 1.82) is 0 Å². The standard InChI is InChI=1S/C13H13N3O.ClH/c14-11-4-6-12(7-5-11)15-13(17)10-16-8-2-1-3-9-16;/h1-9H,10,14H2;1H. The van der Waals surface area contributed by atoms with Crippen molar-refractivity contribution in [3.63, 3.8) is 0 Å². The fourth-order valence-electron chi connectivity index (χ4n) is 1.47. The molecule has 0 unspecified atom stereocenters. The van der Waals surface area contributed by atoms with Crippen molar-refractivity contribution in [2.45, 2.75) is 6.54 Å². The lowest BCUT2D eigenvalue weighted by atomic mass is 10.3. The van der Waals surface area contributed by atoms with Crippen LogP contribution in [0.25, 0.3) is 0 Å². The first-order chi connectivity index (χ1) is 8.24. The van der Waals surface area contributed by atoms with E-state index in [0.717, 1.165) is 5.69 Å². The molecule has 1 aromatic heterocycles. The van der Waals surface area contributed by atoms with E-state index in [1.54, 1.807) is 24.3 Å². The monoisotopic (exact) mass is 263 g/mol. The van der Waals surface area contributed by atoms with Crippen LogP contribution in [0.2, 0.25) is 0 Å². The van der Waals surface area contributed by atoms with Crippen LogP contribution in [-0.2, 0) is 11.3 Å². The number of carbonyl (C=O) groups excluding carboxylic acids is 1. The molecule has 1 heterocycles. The van der Waals surface area contributed by atoms with Crippen molar-refractivity contribution in [1.82, 2.24) is 0 Å². The summed E-state index contributed by atoms with van der Waals surface area (Å²) in [5, 5.41) is 2.80. The SMILES string of the molecule is Nc1ccc(NC(=O)C[n+]2ccccc2)cc1.[Cl-]. The molecule has 0 spiro atoms. The topological polar surface area (TPSA) is 59.0 Å². The number of benzene rings is 1. The Labute approximate surface area is 112 Å². The van der Waals surface area contributed by atoms with E-state index in [1.807, 2.05) is 35.2 Å². The second-order valence-electron chi connectivity index (χ2n) is 3.72. The van der Waals surface area contributed by atoms with Crippen LogP contribution in [0, 0.1) is 0 Å². The molecule has 0 saturated heterocycles. The molecular formula is C13H14ClN3O. The highest BCUT2D eigenvalue weighted by atomic mass is 35.5. The van der Waals surface area contributed by atoms with Crippen LogP contribution >= 0.6 is 0 Å². The van der Waals surface area contributed by atoms with Crippen LogP contribution in [0.3, 0.4) is 0 Å². The van der Waals surface area contributed by atoms with Gasteiger partial charge in [0, 0.05) is 23.5 Å². The molecule has 0 radical (unpaired) electrons. The first kappa shape index (κ1) is 14.0. The Bertz CT molecular complexity index is 499. The lowest BCUT2D eigenvalue weighted by Gasteiger charge is -2.03. The van der Waals surface area contributed by atoms with Gasteiger partial charge in [-0.2, -0.15) is 4.57 Å². The number of hydrogen-bond acceptors (Lipinski definition) is 2. The van der Waals surface area contributed by atoms with Crippen LogP contribution in [-0.4, -0.2) is 5.91 Å². The molecule has 1 amide bonds. The number of rotatable bonds is 3. The van der Waals surface area contributed by atoms with Gasteiger partial charge >= 0.3 is 0 Å². The summed E-state index contributed by atoms with van der Waals surface area (Å²) >= 11 is 0. The Balaban J connectivity index is 0.00000162. The minimum atomic E-state index is -0.0639. The summed E-state index contributed by atoms with van der Waals surface area (Å²) in [6.45, 7) is 0.297. The number of aromatic nitrogens is 1. The van der Waals surface area contributed by atoms with Gasteiger partial charge in [-0.25, -0.2) is 0 Å². The largest absolute Gasteiger partial charge is 1.00 e. The lowest BCUT2D eigenvalue weighted by Crippen LogP contribution is -3.00. The molecule has 94 valence electrons. The summed E-state index contributed by atoms with van der Waals surface area (Å²) < 4.78 is 1.81. The second-order valence-corrected chi connectivity index (χ2v) is 3.72. The predicted octanol–water partition coefficient (Wildman–Crippen LogP) is -1.80. The third kappa shape index (κ3) is 4.07. The molecule has 3 N–H and O–H groups in total. The second kappa shape index (κ2) is 6.61. The van der Waals surface area contributed by atoms with Gasteiger partial charge in [-0.15, -0.1) is 0 Å². The number of halogens is 1. The van der Waals surface area contributed by atoms with E-state index in [4.69, 9.17) is 5.73 Å². The molecule has 18 heavy (non-hydrogen) atoms. The van der Waals surface area contributed by atoms with E-state index < -0.39 is 0 Å². The molecule has 0 fully saturated rings. The van der Waals surface area contributed by atoms with E-state index in [0.29, 0.717) is 12.2 Å². The van der Waals surface area contributed by atoms with Gasteiger partial charge in [-0.1, -0.05) is 6.07 Å². The summed E-state index contributed by atoms with van der Waals surface area (Å²) in [5.74, 6) is -0.0639. The number of amides is 1. The summed E-state index contributed by atoms with van der Waals surface area (Å²) in [5.41, 5.74) is 7.00. The maximum absolute atomic E-state index is 11.7. The first-order valence-corrected chi connectivity index (χ1v) is 5.33. The Morgan fingerprint density at radius 3 is 2.33 bits per heavy atom. The average Bonchev–Trinajstić information content (AvgIpc) is 2.33. The number of nitrogens with one attached hydrogen (secondary N) is 1. The molecule has 0 aliphatic rings. The zero-order valence-corrected chi connectivity index (χ0v) is 10.5. The van der Waals surface area contributed by atoms with Gasteiger partial charge in [-0.3, -0.25) is 4.79 Å². The molecular weight excluding hydrogens is 250 g/mol. The van der Waals surface area contributed by atoms with Crippen molar-refractivity contribution < 1.29 is 21.8 Å². The van der Waals surface area contributed by atoms with Gasteiger partial charge in [0.1, 0.15) is 0 Å². The highest BCUT2D eigenvalue weighted by Crippen LogP contribution is 2.09. The molecule has 0 bridgehead atoms. The number of nitrogens with two attached hydrogens (primary N) is 1. The van der Waals surface area contributed by atoms with Gasteiger partial charge < -0.3 is 23.5 Å². The van der Waals surface area contributed by atoms with E-state index >= 15 is 0 Å². The van der Waals surface area contributed by atoms with Crippen molar-refractivity contribution in [2.24, 2.45) is 0 Å². The number of anilines is 2. The minimum absolute atomic E-state index is 0. The van der Waals surface area contributed by atoms with Crippen molar-refractivity contribution in [3.05, 3.63) is 54.9 Å². The van der Waals surface area contributed by atoms with E-state index in [1.165, 1.54) is 0 Å². The van der Waals surface area contributed by atoms with Crippen molar-refractivity contribution >= 4 is 17.3 Å². The fourth-order valence-corrected chi connectivity index (χ4v) is 1.47. The third-order valence-electron chi connectivity index (χ3n) is 2.30. The van der Waals surface area contributed by atoms with Gasteiger partial charge in [0.15, 0.2) is 12.4 Å². The molecule has 2 aromatic rings. The molecule has 0 atom stereocenters. The molecule has 2 rings (SSSR count). The molecule has 1 aromatic carbocycles. The summed E-state index contributed by atoms with van der Waals surface area (Å²) in [7, 11) is 0. The van der Waals surface area contributed by atoms with Gasteiger partial charge in [0.2, 0.25) is 6.54 Å². The molecule has 0 saturated carbocycles. The van der Waals surface area contributed by atoms with Crippen LogP contribution in [0.5, 0.6) is 0 Å². The van der Waals surface area contributed by atoms with Gasteiger partial charge in [0.25, 0.3) is 5.91 Å². The smallest absolute Gasteiger partial charge is 0.290 e. The highest BCUT2D eigenvalue weighted by molar-refractivity contribution is 5.89. The normalized spacial score (nSPS) is 9.33. The van der Waals surface area contributed by atoms with Crippen LogP contribution < -0.4 is 28.0 Å². The zero-order valence-electron chi connectivity index (χ0n) is 9.71. The van der Waals surface area contributed by atoms with Gasteiger partial charge in [-0.05, 0) is 24.3 Å². The number of pyridine rings is 1. The Hall–Kier alpha value is -2.07. The number of nitrogen functional groups attached to an aromatic ring is 1. The maximum atomic E-state index is 11.7. The van der Waals surface area contributed by atoms with E-state index in [-0.39, 0.29) is 18.3 Å². The number of nitrogens with zero attached hydrogens (tertiary/aromatic N) is 1. The Kier molecular flexibility index (Phi) is 5.14. The first-order valence-electron chi connectivity index (χ1n) is 5.33. The summed E-state index contributed by atoms with van der Waals surface area (Å²) in [4.78, 5) is 11.7. The van der Waals surface area contributed by atoms with Crippen LogP contribution in [0.15, 0.2) is 54.9 Å². The predicted molar refractivity (Wildman–Crippen MR) is 66.1 cm³/mol. The van der Waals surface area contributed by atoms with Crippen LogP contribution in [0.1, 0.15) is 0 Å². The van der Waals surface area contributed by atoms with E-state index in [2.05, 4.69) is 5.32 Å². The van der Waals surface area contributed by atoms with Crippen molar-refractivity contribution in [3.8, 4) is 0 Å². The fraction of sp³-hybridized carbons (Fsp3) is 0.0769. The van der Waals surface area contributed by atoms with Crippen molar-refractivity contribution in [2.75, 3.05) is 11.1 Å². The molecule has 0 aliphatic heterocycles. The Morgan fingerprint density at radius 1 is 1.11 bits per heavy atom. The molecule has 4 nitrogen and oxygen atoms in total. The quantitative estimate of drug-likeness (QED) is 0.507. The average molecular weight is 264 g/mol. The van der Waals surface area contributed by atoms with E-state index in [9.17, 15) is 4.79 Å². The molecule has 0 aliphatic carbocycles. The zero-order chi connectivity index (χ0) is 12.1. The number of hydrogen-bond donors (Lipinski definition) is 2. The maximum Gasteiger partial charge on any atom is 0.290 e. The summed E-state index contributed by atoms with van der Waals surface area (Å²) in [6, 6.07) is 12.8. The minimum Gasteiger partial charge on any atom is -1.00 e. The number of carbonyl (C=O) groups is 1. The highest BCUT2D eigenvalue weighted by Gasteiger charge is 2.08. The lowest BCUT2D eigenvalue weighted by molar-refractivity contribution is -0.684.